The Morgan fingerprint density at radius 2 is 2.33 bits per heavy atom. The summed E-state index contributed by atoms with van der Waals surface area (Å²) < 4.78 is 10.9. The minimum Gasteiger partial charge on any atom is -0.495 e. The maximum Gasteiger partial charge on any atom is 0.135 e. The number of hydrogen-bond acceptors (Lipinski definition) is 4. The van der Waals surface area contributed by atoms with Crippen LogP contribution < -0.4 is 4.74 Å². The number of methoxy groups -OCH3 is 1. The highest BCUT2D eigenvalue weighted by Crippen LogP contribution is 2.32. The number of fused-ring (bicyclic) bond motifs is 1. The van der Waals surface area contributed by atoms with Gasteiger partial charge in [-0.25, -0.2) is 0 Å². The van der Waals surface area contributed by atoms with Gasteiger partial charge in [-0.2, -0.15) is 0 Å². The molecule has 1 aromatic heterocycles. The fourth-order valence-corrected chi connectivity index (χ4v) is 2.24. The van der Waals surface area contributed by atoms with Gasteiger partial charge in [0.2, 0.25) is 0 Å². The van der Waals surface area contributed by atoms with Crippen molar-refractivity contribution < 1.29 is 4.74 Å². The molecular formula is C7H5BrN2OS. The molecule has 0 saturated heterocycles. The van der Waals surface area contributed by atoms with Gasteiger partial charge in [-0.05, 0) is 39.6 Å². The smallest absolute Gasteiger partial charge is 0.135 e. The quantitative estimate of drug-likeness (QED) is 0.774. The van der Waals surface area contributed by atoms with E-state index in [2.05, 4.69) is 25.5 Å². The molecule has 1 heterocycles. The lowest BCUT2D eigenvalue weighted by Crippen LogP contribution is -1.84. The molecule has 2 aromatic rings. The number of ether oxygens (including phenoxy) is 1. The predicted octanol–water partition coefficient (Wildman–Crippen LogP) is 2.46. The lowest BCUT2D eigenvalue weighted by atomic mass is 10.3. The molecule has 0 fully saturated rings. The first-order valence-electron chi connectivity index (χ1n) is 3.27. The van der Waals surface area contributed by atoms with Crippen LogP contribution >= 0.6 is 27.5 Å². The van der Waals surface area contributed by atoms with E-state index < -0.39 is 0 Å². The zero-order valence-electron chi connectivity index (χ0n) is 6.24. The highest BCUT2D eigenvalue weighted by molar-refractivity contribution is 9.10. The highest BCUT2D eigenvalue weighted by Gasteiger charge is 2.07. The molecular weight excluding hydrogens is 240 g/mol. The Labute approximate surface area is 81.6 Å². The standard InChI is InChI=1S/C7H5BrN2OS/c1-11-4-2-3-5-7(6(4)8)9-10-12-5/h2-3H,1H3. The Morgan fingerprint density at radius 3 is 3.08 bits per heavy atom. The lowest BCUT2D eigenvalue weighted by Gasteiger charge is -2.00. The van der Waals surface area contributed by atoms with E-state index in [0.717, 1.165) is 20.4 Å². The van der Waals surface area contributed by atoms with Crippen LogP contribution in [0, 0.1) is 0 Å². The maximum atomic E-state index is 5.11. The molecule has 62 valence electrons. The van der Waals surface area contributed by atoms with Crippen molar-refractivity contribution >= 4 is 37.7 Å². The van der Waals surface area contributed by atoms with Gasteiger partial charge in [0.15, 0.2) is 0 Å². The van der Waals surface area contributed by atoms with Crippen molar-refractivity contribution in [3.8, 4) is 5.75 Å². The van der Waals surface area contributed by atoms with Crippen LogP contribution in [0.25, 0.3) is 10.2 Å². The number of rotatable bonds is 1. The van der Waals surface area contributed by atoms with E-state index in [-0.39, 0.29) is 0 Å². The molecule has 0 amide bonds. The van der Waals surface area contributed by atoms with Crippen molar-refractivity contribution in [2.45, 2.75) is 0 Å². The van der Waals surface area contributed by atoms with Gasteiger partial charge >= 0.3 is 0 Å². The second kappa shape index (κ2) is 2.99. The van der Waals surface area contributed by atoms with E-state index in [1.807, 2.05) is 12.1 Å². The van der Waals surface area contributed by atoms with Crippen LogP contribution in [-0.4, -0.2) is 16.7 Å². The Kier molecular flexibility index (Phi) is 1.98. The van der Waals surface area contributed by atoms with Crippen LogP contribution in [0.15, 0.2) is 16.6 Å². The summed E-state index contributed by atoms with van der Waals surface area (Å²) in [6.07, 6.45) is 0. The molecule has 0 saturated carbocycles. The van der Waals surface area contributed by atoms with Gasteiger partial charge in [0.1, 0.15) is 11.3 Å². The summed E-state index contributed by atoms with van der Waals surface area (Å²) in [5.74, 6) is 0.787. The van der Waals surface area contributed by atoms with E-state index in [4.69, 9.17) is 4.74 Å². The molecule has 0 atom stereocenters. The molecule has 0 bridgehead atoms. The summed E-state index contributed by atoms with van der Waals surface area (Å²) in [6, 6.07) is 3.84. The topological polar surface area (TPSA) is 35.0 Å². The molecule has 2 rings (SSSR count). The Morgan fingerprint density at radius 1 is 1.50 bits per heavy atom. The number of aromatic nitrogens is 2. The average Bonchev–Trinajstić information content (AvgIpc) is 2.53. The number of nitrogens with zero attached hydrogens (tertiary/aromatic N) is 2. The Bertz CT molecular complexity index is 415. The third kappa shape index (κ3) is 1.09. The van der Waals surface area contributed by atoms with Crippen molar-refractivity contribution in [2.24, 2.45) is 0 Å². The summed E-state index contributed by atoms with van der Waals surface area (Å²) in [7, 11) is 1.63. The highest BCUT2D eigenvalue weighted by atomic mass is 79.9. The SMILES string of the molecule is COc1ccc2snnc2c1Br. The van der Waals surface area contributed by atoms with E-state index in [1.54, 1.807) is 7.11 Å². The zero-order valence-corrected chi connectivity index (χ0v) is 8.65. The molecule has 0 spiro atoms. The second-order valence-corrected chi connectivity index (χ2v) is 3.78. The van der Waals surface area contributed by atoms with E-state index in [0.29, 0.717) is 0 Å². The van der Waals surface area contributed by atoms with Gasteiger partial charge in [-0.15, -0.1) is 5.10 Å². The number of benzene rings is 1. The van der Waals surface area contributed by atoms with Gasteiger partial charge in [-0.3, -0.25) is 0 Å². The van der Waals surface area contributed by atoms with Gasteiger partial charge in [0.05, 0.1) is 16.3 Å². The Hall–Kier alpha value is -0.680. The lowest BCUT2D eigenvalue weighted by molar-refractivity contribution is 0.413. The van der Waals surface area contributed by atoms with Crippen LogP contribution in [-0.2, 0) is 0 Å². The van der Waals surface area contributed by atoms with Crippen molar-refractivity contribution in [2.75, 3.05) is 7.11 Å². The number of halogens is 1. The molecule has 0 aliphatic heterocycles. The fraction of sp³-hybridized carbons (Fsp3) is 0.143. The van der Waals surface area contributed by atoms with Crippen molar-refractivity contribution in [1.29, 1.82) is 0 Å². The van der Waals surface area contributed by atoms with Crippen molar-refractivity contribution in [3.63, 3.8) is 0 Å². The average molecular weight is 245 g/mol. The van der Waals surface area contributed by atoms with Crippen LogP contribution in [0.5, 0.6) is 5.75 Å². The van der Waals surface area contributed by atoms with Gasteiger partial charge in [0, 0.05) is 0 Å². The van der Waals surface area contributed by atoms with E-state index in [1.165, 1.54) is 11.5 Å². The van der Waals surface area contributed by atoms with Gasteiger partial charge < -0.3 is 4.74 Å². The summed E-state index contributed by atoms with van der Waals surface area (Å²) >= 11 is 4.77. The molecule has 1 aromatic carbocycles. The van der Waals surface area contributed by atoms with Crippen LogP contribution in [0.1, 0.15) is 0 Å². The fourth-order valence-electron chi connectivity index (χ4n) is 0.958. The van der Waals surface area contributed by atoms with Gasteiger partial charge in [0.25, 0.3) is 0 Å². The molecule has 12 heavy (non-hydrogen) atoms. The summed E-state index contributed by atoms with van der Waals surface area (Å²) in [5.41, 5.74) is 0.861. The minimum atomic E-state index is 0.787. The molecule has 5 heteroatoms. The van der Waals surface area contributed by atoms with E-state index >= 15 is 0 Å². The zero-order chi connectivity index (χ0) is 8.55. The van der Waals surface area contributed by atoms with E-state index in [9.17, 15) is 0 Å². The molecule has 0 aliphatic carbocycles. The normalized spacial score (nSPS) is 10.5. The van der Waals surface area contributed by atoms with Crippen LogP contribution in [0.2, 0.25) is 0 Å². The first-order chi connectivity index (χ1) is 5.83. The predicted molar refractivity (Wildman–Crippen MR) is 51.7 cm³/mol. The van der Waals surface area contributed by atoms with Crippen molar-refractivity contribution in [3.05, 3.63) is 16.6 Å². The number of hydrogen-bond donors (Lipinski definition) is 0. The molecule has 3 nitrogen and oxygen atoms in total. The largest absolute Gasteiger partial charge is 0.495 e. The molecule has 0 N–H and O–H groups in total. The second-order valence-electron chi connectivity index (χ2n) is 2.20. The Balaban J connectivity index is 2.78. The maximum absolute atomic E-state index is 5.11. The molecule has 0 radical (unpaired) electrons. The van der Waals surface area contributed by atoms with Gasteiger partial charge in [-0.1, -0.05) is 4.49 Å². The molecule has 0 unspecified atom stereocenters. The summed E-state index contributed by atoms with van der Waals surface area (Å²) in [6.45, 7) is 0. The summed E-state index contributed by atoms with van der Waals surface area (Å²) in [4.78, 5) is 0. The molecule has 0 aliphatic rings. The first kappa shape index (κ1) is 7.94. The van der Waals surface area contributed by atoms with Crippen LogP contribution in [0.4, 0.5) is 0 Å². The first-order valence-corrected chi connectivity index (χ1v) is 4.84. The van der Waals surface area contributed by atoms with Crippen LogP contribution in [0.3, 0.4) is 0 Å². The van der Waals surface area contributed by atoms with Crippen molar-refractivity contribution in [1.82, 2.24) is 9.59 Å². The monoisotopic (exact) mass is 244 g/mol. The minimum absolute atomic E-state index is 0.787. The third-order valence-corrected chi connectivity index (χ3v) is 3.00. The summed E-state index contributed by atoms with van der Waals surface area (Å²) in [5, 5.41) is 3.97. The third-order valence-electron chi connectivity index (χ3n) is 1.54.